The van der Waals surface area contributed by atoms with Crippen LogP contribution in [0, 0.1) is 5.82 Å². The summed E-state index contributed by atoms with van der Waals surface area (Å²) < 4.78 is 37.5. The normalized spacial score (nSPS) is 15.6. The monoisotopic (exact) mass is 323 g/mol. The average Bonchev–Trinajstić information content (AvgIpc) is 2.22. The maximum absolute atomic E-state index is 13.7. The first-order chi connectivity index (χ1) is 7.77. The smallest absolute Gasteiger partial charge is 0.151 e. The van der Waals surface area contributed by atoms with E-state index in [1.165, 1.54) is 6.07 Å². The minimum Gasteiger partial charge on any atom is -0.312 e. The number of benzene rings is 1. The van der Waals surface area contributed by atoms with E-state index in [9.17, 15) is 12.8 Å². The standard InChI is InChI=1S/C11H15BrFNO2S/c1-7(17(3,15)16)11(14-2)9-6-8(12)4-5-10(9)13/h4-7,11,14H,1-3H3. The summed E-state index contributed by atoms with van der Waals surface area (Å²) in [4.78, 5) is 0. The Labute approximate surface area is 109 Å². The Bertz CT molecular complexity index is 504. The summed E-state index contributed by atoms with van der Waals surface area (Å²) in [5.41, 5.74) is 0.347. The molecule has 0 aliphatic carbocycles. The fraction of sp³-hybridized carbons (Fsp3) is 0.455. The summed E-state index contributed by atoms with van der Waals surface area (Å²) in [5, 5.41) is 2.15. The first-order valence-electron chi connectivity index (χ1n) is 5.08. The molecule has 17 heavy (non-hydrogen) atoms. The second kappa shape index (κ2) is 5.46. The van der Waals surface area contributed by atoms with Crippen molar-refractivity contribution in [2.24, 2.45) is 0 Å². The van der Waals surface area contributed by atoms with Crippen LogP contribution in [0.1, 0.15) is 18.5 Å². The molecule has 0 saturated carbocycles. The lowest BCUT2D eigenvalue weighted by molar-refractivity contribution is 0.508. The fourth-order valence-electron chi connectivity index (χ4n) is 1.64. The van der Waals surface area contributed by atoms with E-state index in [0.717, 1.165) is 10.7 Å². The molecule has 1 rings (SSSR count). The number of hydrogen-bond donors (Lipinski definition) is 1. The number of halogens is 2. The van der Waals surface area contributed by atoms with Crippen LogP contribution in [0.15, 0.2) is 22.7 Å². The molecule has 0 fully saturated rings. The third-order valence-electron chi connectivity index (χ3n) is 2.75. The van der Waals surface area contributed by atoms with Crippen molar-refractivity contribution in [3.05, 3.63) is 34.1 Å². The Hall–Kier alpha value is -0.460. The van der Waals surface area contributed by atoms with Crippen LogP contribution in [0.2, 0.25) is 0 Å². The van der Waals surface area contributed by atoms with E-state index in [1.807, 2.05) is 0 Å². The van der Waals surface area contributed by atoms with Gasteiger partial charge in [0.05, 0.1) is 11.3 Å². The van der Waals surface area contributed by atoms with Crippen LogP contribution >= 0.6 is 15.9 Å². The van der Waals surface area contributed by atoms with Crippen LogP contribution in [0.5, 0.6) is 0 Å². The lowest BCUT2D eigenvalue weighted by Gasteiger charge is -2.23. The van der Waals surface area contributed by atoms with E-state index in [1.54, 1.807) is 26.1 Å². The van der Waals surface area contributed by atoms with Gasteiger partial charge in [-0.1, -0.05) is 15.9 Å². The Morgan fingerprint density at radius 3 is 2.47 bits per heavy atom. The molecule has 1 N–H and O–H groups in total. The largest absolute Gasteiger partial charge is 0.312 e. The lowest BCUT2D eigenvalue weighted by Crippen LogP contribution is -2.33. The van der Waals surface area contributed by atoms with Crippen molar-refractivity contribution in [3.63, 3.8) is 0 Å². The maximum atomic E-state index is 13.7. The number of hydrogen-bond acceptors (Lipinski definition) is 3. The van der Waals surface area contributed by atoms with Gasteiger partial charge in [0.1, 0.15) is 5.82 Å². The van der Waals surface area contributed by atoms with Crippen LogP contribution in [-0.2, 0) is 9.84 Å². The molecule has 2 unspecified atom stereocenters. The van der Waals surface area contributed by atoms with E-state index in [-0.39, 0.29) is 0 Å². The summed E-state index contributed by atoms with van der Waals surface area (Å²) in [6, 6.07) is 3.93. The summed E-state index contributed by atoms with van der Waals surface area (Å²) in [5.74, 6) is -0.414. The summed E-state index contributed by atoms with van der Waals surface area (Å²) in [7, 11) is -1.62. The van der Waals surface area contributed by atoms with E-state index in [2.05, 4.69) is 21.2 Å². The van der Waals surface area contributed by atoms with Gasteiger partial charge in [-0.2, -0.15) is 0 Å². The van der Waals surface area contributed by atoms with Gasteiger partial charge in [0.25, 0.3) is 0 Å². The topological polar surface area (TPSA) is 46.2 Å². The third-order valence-corrected chi connectivity index (χ3v) is 4.86. The quantitative estimate of drug-likeness (QED) is 0.924. The molecule has 96 valence electrons. The summed E-state index contributed by atoms with van der Waals surface area (Å²) in [6.45, 7) is 1.57. The highest BCUT2D eigenvalue weighted by atomic mass is 79.9. The van der Waals surface area contributed by atoms with Gasteiger partial charge in [-0.25, -0.2) is 12.8 Å². The van der Waals surface area contributed by atoms with Crippen LogP contribution in [0.4, 0.5) is 4.39 Å². The number of nitrogens with one attached hydrogen (secondary N) is 1. The molecule has 0 saturated heterocycles. The molecule has 3 nitrogen and oxygen atoms in total. The molecule has 0 aliphatic rings. The molecule has 0 radical (unpaired) electrons. The van der Waals surface area contributed by atoms with Gasteiger partial charge in [-0.05, 0) is 32.2 Å². The van der Waals surface area contributed by atoms with E-state index in [0.29, 0.717) is 5.56 Å². The van der Waals surface area contributed by atoms with Crippen LogP contribution in [-0.4, -0.2) is 27.0 Å². The molecule has 1 aromatic rings. The SMILES string of the molecule is CNC(c1cc(Br)ccc1F)C(C)S(C)(=O)=O. The van der Waals surface area contributed by atoms with E-state index >= 15 is 0 Å². The van der Waals surface area contributed by atoms with Gasteiger partial charge >= 0.3 is 0 Å². The first-order valence-corrected chi connectivity index (χ1v) is 7.83. The predicted molar refractivity (Wildman–Crippen MR) is 70.2 cm³/mol. The van der Waals surface area contributed by atoms with Crippen molar-refractivity contribution >= 4 is 25.8 Å². The van der Waals surface area contributed by atoms with Crippen LogP contribution < -0.4 is 5.32 Å². The molecule has 6 heteroatoms. The van der Waals surface area contributed by atoms with Crippen LogP contribution in [0.3, 0.4) is 0 Å². The molecule has 0 spiro atoms. The van der Waals surface area contributed by atoms with Crippen molar-refractivity contribution in [1.29, 1.82) is 0 Å². The van der Waals surface area contributed by atoms with Crippen molar-refractivity contribution < 1.29 is 12.8 Å². The van der Waals surface area contributed by atoms with Crippen molar-refractivity contribution in [2.75, 3.05) is 13.3 Å². The molecule has 0 amide bonds. The van der Waals surface area contributed by atoms with Crippen molar-refractivity contribution in [1.82, 2.24) is 5.32 Å². The Morgan fingerprint density at radius 2 is 2.00 bits per heavy atom. The molecular formula is C11H15BrFNO2S. The number of sulfone groups is 1. The predicted octanol–water partition coefficient (Wildman–Crippen LogP) is 2.28. The van der Waals surface area contributed by atoms with Gasteiger partial charge in [0.2, 0.25) is 0 Å². The second-order valence-corrected chi connectivity index (χ2v) is 7.29. The zero-order chi connectivity index (χ0) is 13.2. The minimum atomic E-state index is -3.24. The molecule has 2 atom stereocenters. The van der Waals surface area contributed by atoms with Crippen LogP contribution in [0.25, 0.3) is 0 Å². The van der Waals surface area contributed by atoms with Gasteiger partial charge in [-0.15, -0.1) is 0 Å². The molecule has 0 heterocycles. The molecule has 1 aromatic carbocycles. The average molecular weight is 324 g/mol. The molecule has 0 aromatic heterocycles. The minimum absolute atomic E-state index is 0.347. The maximum Gasteiger partial charge on any atom is 0.151 e. The van der Waals surface area contributed by atoms with Gasteiger partial charge < -0.3 is 5.32 Å². The summed E-state index contributed by atoms with van der Waals surface area (Å²) in [6.07, 6.45) is 1.15. The lowest BCUT2D eigenvalue weighted by atomic mass is 10.0. The highest BCUT2D eigenvalue weighted by molar-refractivity contribution is 9.10. The Kier molecular flexibility index (Phi) is 4.69. The zero-order valence-corrected chi connectivity index (χ0v) is 12.3. The molecular weight excluding hydrogens is 309 g/mol. The van der Waals surface area contributed by atoms with Gasteiger partial charge in [0.15, 0.2) is 9.84 Å². The Morgan fingerprint density at radius 1 is 1.41 bits per heavy atom. The van der Waals surface area contributed by atoms with Gasteiger partial charge in [-0.3, -0.25) is 0 Å². The highest BCUT2D eigenvalue weighted by Gasteiger charge is 2.28. The summed E-state index contributed by atoms with van der Waals surface area (Å²) >= 11 is 3.25. The van der Waals surface area contributed by atoms with Crippen molar-refractivity contribution in [2.45, 2.75) is 18.2 Å². The third kappa shape index (κ3) is 3.50. The molecule has 0 bridgehead atoms. The Balaban J connectivity index is 3.23. The second-order valence-electron chi connectivity index (χ2n) is 3.97. The van der Waals surface area contributed by atoms with E-state index in [4.69, 9.17) is 0 Å². The van der Waals surface area contributed by atoms with Gasteiger partial charge in [0, 0.05) is 16.3 Å². The zero-order valence-electron chi connectivity index (χ0n) is 9.87. The van der Waals surface area contributed by atoms with E-state index < -0.39 is 26.9 Å². The highest BCUT2D eigenvalue weighted by Crippen LogP contribution is 2.26. The fourth-order valence-corrected chi connectivity index (χ4v) is 2.80. The number of rotatable bonds is 4. The van der Waals surface area contributed by atoms with Crippen molar-refractivity contribution in [3.8, 4) is 0 Å². The molecule has 0 aliphatic heterocycles. The first kappa shape index (κ1) is 14.6.